The van der Waals surface area contributed by atoms with Gasteiger partial charge in [0.2, 0.25) is 0 Å². The van der Waals surface area contributed by atoms with E-state index in [0.29, 0.717) is 11.1 Å². The molecule has 26 heavy (non-hydrogen) atoms. The van der Waals surface area contributed by atoms with Crippen molar-refractivity contribution in [2.45, 2.75) is 12.8 Å². The highest BCUT2D eigenvalue weighted by Gasteiger charge is 2.53. The summed E-state index contributed by atoms with van der Waals surface area (Å²) in [6.07, 6.45) is 2.80. The highest BCUT2D eigenvalue weighted by Crippen LogP contribution is 2.52. The van der Waals surface area contributed by atoms with Crippen molar-refractivity contribution in [3.05, 3.63) is 53.7 Å². The molecule has 2 fully saturated rings. The third kappa shape index (κ3) is 3.10. The number of Topliss-reactive ketones (excluding diaryl/α,β-unsaturated/α-hetero) is 1. The average molecular weight is 354 g/mol. The van der Waals surface area contributed by atoms with Gasteiger partial charge in [-0.1, -0.05) is 6.07 Å². The maximum atomic E-state index is 12.9. The zero-order chi connectivity index (χ0) is 18.3. The Kier molecular flexibility index (Phi) is 4.03. The molecule has 6 nitrogen and oxygen atoms in total. The molecule has 2 aliphatic rings. The minimum absolute atomic E-state index is 0.0147. The van der Waals surface area contributed by atoms with Gasteiger partial charge in [0.1, 0.15) is 23.0 Å². The zero-order valence-electron chi connectivity index (χ0n) is 14.4. The molecule has 0 radical (unpaired) electrons. The Morgan fingerprint density at radius 1 is 1.19 bits per heavy atom. The van der Waals surface area contributed by atoms with E-state index in [9.17, 15) is 14.0 Å². The number of ketones is 1. The summed E-state index contributed by atoms with van der Waals surface area (Å²) in [4.78, 5) is 35.1. The average Bonchev–Trinajstić information content (AvgIpc) is 2.57. The minimum atomic E-state index is -0.511. The van der Waals surface area contributed by atoms with E-state index in [-0.39, 0.29) is 23.2 Å². The monoisotopic (exact) mass is 354 g/mol. The molecular formula is C19H19FN4O2. The Morgan fingerprint density at radius 2 is 1.96 bits per heavy atom. The Balaban J connectivity index is 1.41. The first-order valence-electron chi connectivity index (χ1n) is 8.57. The minimum Gasteiger partial charge on any atom is -0.305 e. The molecule has 3 heterocycles. The zero-order valence-corrected chi connectivity index (χ0v) is 14.4. The van der Waals surface area contributed by atoms with Crippen LogP contribution in [0, 0.1) is 17.2 Å². The van der Waals surface area contributed by atoms with Crippen LogP contribution in [0.25, 0.3) is 0 Å². The molecule has 4 rings (SSSR count). The van der Waals surface area contributed by atoms with Crippen LogP contribution in [-0.4, -0.2) is 46.7 Å². The van der Waals surface area contributed by atoms with Crippen LogP contribution in [0.1, 0.15) is 33.8 Å². The second-order valence-electron chi connectivity index (χ2n) is 7.37. The van der Waals surface area contributed by atoms with Crippen LogP contribution in [0.4, 0.5) is 10.2 Å². The number of halogens is 1. The highest BCUT2D eigenvalue weighted by molar-refractivity contribution is 6.03. The Morgan fingerprint density at radius 3 is 2.62 bits per heavy atom. The summed E-state index contributed by atoms with van der Waals surface area (Å²) in [6.45, 7) is 2.12. The lowest BCUT2D eigenvalue weighted by atomic mass is 9.56. The van der Waals surface area contributed by atoms with Crippen molar-refractivity contribution in [3.63, 3.8) is 0 Å². The second kappa shape index (κ2) is 6.25. The molecule has 0 unspecified atom stereocenters. The van der Waals surface area contributed by atoms with E-state index in [4.69, 9.17) is 0 Å². The first-order valence-corrected chi connectivity index (χ1v) is 8.57. The van der Waals surface area contributed by atoms with E-state index in [1.807, 2.05) is 0 Å². The number of hydrogen-bond acceptors (Lipinski definition) is 5. The molecule has 2 aromatic rings. The van der Waals surface area contributed by atoms with Gasteiger partial charge in [-0.05, 0) is 49.6 Å². The molecule has 1 saturated carbocycles. The molecular weight excluding hydrogens is 335 g/mol. The fraction of sp³-hybridized carbons (Fsp3) is 0.368. The summed E-state index contributed by atoms with van der Waals surface area (Å²) in [5.41, 5.74) is 0.775. The highest BCUT2D eigenvalue weighted by atomic mass is 19.1. The second-order valence-corrected chi connectivity index (χ2v) is 7.37. The number of likely N-dealkylation sites (tertiary alicyclic amines) is 1. The van der Waals surface area contributed by atoms with Gasteiger partial charge in [0.05, 0.1) is 6.20 Å². The SMILES string of the molecule is CN1CC2(CC(C(=O)c3cccc(NC(=O)c4ccc(F)cn4)n3)C2)C1. The third-order valence-electron chi connectivity index (χ3n) is 5.14. The van der Waals surface area contributed by atoms with Crippen LogP contribution in [0.2, 0.25) is 0 Å². The van der Waals surface area contributed by atoms with E-state index < -0.39 is 11.7 Å². The molecule has 1 amide bonds. The summed E-state index contributed by atoms with van der Waals surface area (Å²) < 4.78 is 12.9. The van der Waals surface area contributed by atoms with Gasteiger partial charge in [-0.15, -0.1) is 0 Å². The van der Waals surface area contributed by atoms with Gasteiger partial charge in [0.25, 0.3) is 5.91 Å². The third-order valence-corrected chi connectivity index (χ3v) is 5.14. The van der Waals surface area contributed by atoms with Gasteiger partial charge in [-0.2, -0.15) is 0 Å². The molecule has 0 bridgehead atoms. The van der Waals surface area contributed by atoms with Crippen molar-refractivity contribution in [2.24, 2.45) is 11.3 Å². The van der Waals surface area contributed by atoms with Crippen LogP contribution in [0.3, 0.4) is 0 Å². The van der Waals surface area contributed by atoms with Crippen molar-refractivity contribution >= 4 is 17.5 Å². The number of rotatable bonds is 4. The number of carbonyl (C=O) groups is 2. The normalized spacial score (nSPS) is 18.8. The summed E-state index contributed by atoms with van der Waals surface area (Å²) in [6, 6.07) is 7.44. The number of anilines is 1. The molecule has 1 spiro atoms. The fourth-order valence-corrected chi connectivity index (χ4v) is 4.07. The predicted molar refractivity (Wildman–Crippen MR) is 93.4 cm³/mol. The summed E-state index contributed by atoms with van der Waals surface area (Å²) in [5, 5.41) is 2.60. The molecule has 2 aromatic heterocycles. The molecule has 1 aliphatic heterocycles. The summed E-state index contributed by atoms with van der Waals surface area (Å²) in [7, 11) is 2.09. The largest absolute Gasteiger partial charge is 0.305 e. The Labute approximate surface area is 150 Å². The fourth-order valence-electron chi connectivity index (χ4n) is 4.07. The molecule has 7 heteroatoms. The maximum absolute atomic E-state index is 12.9. The lowest BCUT2D eigenvalue weighted by molar-refractivity contribution is -0.0708. The van der Waals surface area contributed by atoms with Gasteiger partial charge < -0.3 is 10.2 Å². The molecule has 1 aliphatic carbocycles. The lowest BCUT2D eigenvalue weighted by Gasteiger charge is -2.57. The van der Waals surface area contributed by atoms with Gasteiger partial charge in [-0.3, -0.25) is 9.59 Å². The number of hydrogen-bond donors (Lipinski definition) is 1. The Hall–Kier alpha value is -2.67. The van der Waals surface area contributed by atoms with E-state index >= 15 is 0 Å². The van der Waals surface area contributed by atoms with Crippen LogP contribution < -0.4 is 5.32 Å². The standard InChI is InChI=1S/C19H19FN4O2/c1-24-10-19(11-24)7-12(8-19)17(25)14-3-2-4-16(22-14)23-18(26)15-6-5-13(20)9-21-15/h2-6,9,12H,7-8,10-11H2,1H3,(H,22,23,26). The van der Waals surface area contributed by atoms with Gasteiger partial charge in [0, 0.05) is 19.0 Å². The smallest absolute Gasteiger partial charge is 0.275 e. The molecule has 1 saturated heterocycles. The molecule has 0 atom stereocenters. The molecule has 1 N–H and O–H groups in total. The quantitative estimate of drug-likeness (QED) is 0.854. The van der Waals surface area contributed by atoms with E-state index in [1.165, 1.54) is 12.1 Å². The van der Waals surface area contributed by atoms with Crippen LogP contribution in [0.15, 0.2) is 36.5 Å². The van der Waals surface area contributed by atoms with Crippen molar-refractivity contribution < 1.29 is 14.0 Å². The van der Waals surface area contributed by atoms with Crippen LogP contribution in [-0.2, 0) is 0 Å². The first-order chi connectivity index (χ1) is 12.4. The lowest BCUT2D eigenvalue weighted by Crippen LogP contribution is -2.61. The van der Waals surface area contributed by atoms with Crippen molar-refractivity contribution in [1.29, 1.82) is 0 Å². The summed E-state index contributed by atoms with van der Waals surface area (Å²) >= 11 is 0. The molecule has 134 valence electrons. The number of amides is 1. The van der Waals surface area contributed by atoms with Crippen molar-refractivity contribution in [1.82, 2.24) is 14.9 Å². The first kappa shape index (κ1) is 16.8. The van der Waals surface area contributed by atoms with Gasteiger partial charge in [0.15, 0.2) is 5.78 Å². The Bertz CT molecular complexity index is 854. The van der Waals surface area contributed by atoms with Gasteiger partial charge >= 0.3 is 0 Å². The predicted octanol–water partition coefficient (Wildman–Crippen LogP) is 2.39. The number of aromatic nitrogens is 2. The van der Waals surface area contributed by atoms with Crippen LogP contribution >= 0.6 is 0 Å². The van der Waals surface area contributed by atoms with Crippen molar-refractivity contribution in [3.8, 4) is 0 Å². The van der Waals surface area contributed by atoms with E-state index in [0.717, 1.165) is 32.1 Å². The summed E-state index contributed by atoms with van der Waals surface area (Å²) in [5.74, 6) is -0.683. The van der Waals surface area contributed by atoms with Crippen molar-refractivity contribution in [2.75, 3.05) is 25.5 Å². The number of carbonyl (C=O) groups excluding carboxylic acids is 2. The molecule has 0 aromatic carbocycles. The maximum Gasteiger partial charge on any atom is 0.275 e. The number of nitrogens with zero attached hydrogens (tertiary/aromatic N) is 3. The topological polar surface area (TPSA) is 75.2 Å². The van der Waals surface area contributed by atoms with Gasteiger partial charge in [-0.25, -0.2) is 14.4 Å². The van der Waals surface area contributed by atoms with Crippen LogP contribution in [0.5, 0.6) is 0 Å². The number of nitrogens with one attached hydrogen (secondary N) is 1. The van der Waals surface area contributed by atoms with E-state index in [1.54, 1.807) is 18.2 Å². The number of pyridine rings is 2. The van der Waals surface area contributed by atoms with E-state index in [2.05, 4.69) is 27.2 Å².